The van der Waals surface area contributed by atoms with Gasteiger partial charge in [0, 0.05) is 29.0 Å². The number of H-pyrrole nitrogens is 1. The number of amides is 1. The van der Waals surface area contributed by atoms with Crippen molar-refractivity contribution >= 4 is 11.6 Å². The van der Waals surface area contributed by atoms with Gasteiger partial charge >= 0.3 is 0 Å². The first kappa shape index (κ1) is 21.1. The van der Waals surface area contributed by atoms with Gasteiger partial charge in [0.2, 0.25) is 6.79 Å². The molecular weight excluding hydrogens is 438 g/mol. The van der Waals surface area contributed by atoms with Gasteiger partial charge in [0.25, 0.3) is 11.6 Å². The Balaban J connectivity index is 1.43. The Labute approximate surface area is 193 Å². The zero-order valence-electron chi connectivity index (χ0n) is 18.1. The van der Waals surface area contributed by atoms with E-state index in [0.29, 0.717) is 40.0 Å². The molecule has 0 atom stereocenters. The number of imidazole rings is 1. The van der Waals surface area contributed by atoms with E-state index in [0.717, 1.165) is 11.3 Å². The molecule has 0 aliphatic carbocycles. The fourth-order valence-electron chi connectivity index (χ4n) is 3.63. The first-order valence-electron chi connectivity index (χ1n) is 10.4. The number of nitro groups is 1. The number of aromatic amines is 1. The van der Waals surface area contributed by atoms with Crippen LogP contribution in [-0.2, 0) is 6.54 Å². The van der Waals surface area contributed by atoms with E-state index in [1.807, 2.05) is 43.3 Å². The van der Waals surface area contributed by atoms with Gasteiger partial charge in [-0.2, -0.15) is 0 Å². The number of carbonyl (C=O) groups is 1. The number of aromatic nitrogens is 3. The average Bonchev–Trinajstić information content (AvgIpc) is 3.49. The van der Waals surface area contributed by atoms with E-state index in [1.165, 1.54) is 24.3 Å². The maximum atomic E-state index is 12.5. The maximum Gasteiger partial charge on any atom is 0.269 e. The van der Waals surface area contributed by atoms with Crippen molar-refractivity contribution in [2.24, 2.45) is 0 Å². The van der Waals surface area contributed by atoms with Crippen LogP contribution in [0.25, 0.3) is 22.6 Å². The van der Waals surface area contributed by atoms with Gasteiger partial charge in [-0.05, 0) is 49.4 Å². The Kier molecular flexibility index (Phi) is 5.38. The lowest BCUT2D eigenvalue weighted by Crippen LogP contribution is -2.23. The molecular formula is C24H19N5O5. The van der Waals surface area contributed by atoms with Gasteiger partial charge < -0.3 is 19.8 Å². The van der Waals surface area contributed by atoms with Crippen LogP contribution in [0.2, 0.25) is 0 Å². The van der Waals surface area contributed by atoms with Crippen LogP contribution in [0.4, 0.5) is 5.69 Å². The van der Waals surface area contributed by atoms with Crippen molar-refractivity contribution in [3.63, 3.8) is 0 Å². The van der Waals surface area contributed by atoms with Crippen LogP contribution in [0.1, 0.15) is 21.9 Å². The third-order valence-corrected chi connectivity index (χ3v) is 5.30. The zero-order valence-corrected chi connectivity index (χ0v) is 18.1. The van der Waals surface area contributed by atoms with E-state index in [-0.39, 0.29) is 24.9 Å². The number of nitro benzene ring substituents is 1. The number of hydrogen-bond donors (Lipinski definition) is 2. The third-order valence-electron chi connectivity index (χ3n) is 5.30. The molecule has 4 aromatic rings. The summed E-state index contributed by atoms with van der Waals surface area (Å²) in [6, 6.07) is 16.7. The van der Waals surface area contributed by atoms with Crippen LogP contribution < -0.4 is 14.8 Å². The lowest BCUT2D eigenvalue weighted by molar-refractivity contribution is -0.384. The van der Waals surface area contributed by atoms with Crippen LogP contribution in [-0.4, -0.2) is 32.6 Å². The Bertz CT molecular complexity index is 1400. The highest BCUT2D eigenvalue weighted by Crippen LogP contribution is 2.38. The minimum Gasteiger partial charge on any atom is -0.454 e. The van der Waals surface area contributed by atoms with Crippen LogP contribution in [0.3, 0.4) is 0 Å². The van der Waals surface area contributed by atoms with Crippen molar-refractivity contribution in [1.82, 2.24) is 20.3 Å². The molecule has 0 fully saturated rings. The predicted molar refractivity (Wildman–Crippen MR) is 122 cm³/mol. The van der Waals surface area contributed by atoms with Gasteiger partial charge in [-0.1, -0.05) is 6.07 Å². The molecule has 1 aliphatic rings. The number of benzene rings is 2. The van der Waals surface area contributed by atoms with Gasteiger partial charge in [0.1, 0.15) is 5.82 Å². The number of nitrogens with zero attached hydrogens (tertiary/aromatic N) is 3. The van der Waals surface area contributed by atoms with Crippen molar-refractivity contribution in [3.05, 3.63) is 87.9 Å². The number of fused-ring (bicyclic) bond motifs is 1. The van der Waals surface area contributed by atoms with E-state index >= 15 is 0 Å². The van der Waals surface area contributed by atoms with Crippen LogP contribution in [0, 0.1) is 17.0 Å². The highest BCUT2D eigenvalue weighted by atomic mass is 16.7. The third kappa shape index (κ3) is 4.16. The second kappa shape index (κ2) is 8.66. The molecule has 2 aromatic carbocycles. The number of rotatable bonds is 6. The molecule has 1 aliphatic heterocycles. The molecule has 3 heterocycles. The second-order valence-corrected chi connectivity index (χ2v) is 7.63. The Morgan fingerprint density at radius 2 is 1.88 bits per heavy atom. The highest BCUT2D eigenvalue weighted by molar-refractivity contribution is 5.94. The molecule has 0 saturated carbocycles. The molecule has 0 radical (unpaired) electrons. The molecule has 0 spiro atoms. The molecule has 34 heavy (non-hydrogen) atoms. The molecule has 170 valence electrons. The highest BCUT2D eigenvalue weighted by Gasteiger charge is 2.20. The number of aryl methyl sites for hydroxylation is 1. The molecule has 10 nitrogen and oxygen atoms in total. The van der Waals surface area contributed by atoms with Crippen LogP contribution in [0.15, 0.2) is 60.7 Å². The van der Waals surface area contributed by atoms with Crippen molar-refractivity contribution in [2.45, 2.75) is 13.5 Å². The van der Waals surface area contributed by atoms with Gasteiger partial charge in [-0.25, -0.2) is 4.98 Å². The second-order valence-electron chi connectivity index (χ2n) is 7.63. The monoisotopic (exact) mass is 457 g/mol. The lowest BCUT2D eigenvalue weighted by atomic mass is 10.1. The van der Waals surface area contributed by atoms with Crippen molar-refractivity contribution < 1.29 is 19.2 Å². The molecule has 1 amide bonds. The largest absolute Gasteiger partial charge is 0.454 e. The summed E-state index contributed by atoms with van der Waals surface area (Å²) < 4.78 is 10.9. The Hall–Kier alpha value is -4.73. The minimum atomic E-state index is -0.511. The van der Waals surface area contributed by atoms with Crippen molar-refractivity contribution in [1.29, 1.82) is 0 Å². The van der Waals surface area contributed by atoms with E-state index in [1.54, 1.807) is 0 Å². The van der Waals surface area contributed by atoms with Gasteiger partial charge in [-0.3, -0.25) is 19.9 Å². The number of hydrogen-bond acceptors (Lipinski definition) is 7. The number of pyridine rings is 1. The van der Waals surface area contributed by atoms with Gasteiger partial charge in [0.15, 0.2) is 11.5 Å². The molecule has 10 heteroatoms. The standard InChI is InChI=1S/C24H19N5O5/c1-14-3-2-4-18(26-14)23-22(16-7-10-19-20(11-16)34-13-33-19)27-21(28-23)12-25-24(30)15-5-8-17(9-6-15)29(31)32/h2-11H,12-13H2,1H3,(H,25,30)(H,27,28). The summed E-state index contributed by atoms with van der Waals surface area (Å²) in [4.78, 5) is 35.4. The maximum absolute atomic E-state index is 12.5. The van der Waals surface area contributed by atoms with E-state index in [9.17, 15) is 14.9 Å². The summed E-state index contributed by atoms with van der Waals surface area (Å²) in [6.07, 6.45) is 0. The summed E-state index contributed by atoms with van der Waals surface area (Å²) in [6.45, 7) is 2.20. The number of non-ortho nitro benzene ring substituents is 1. The van der Waals surface area contributed by atoms with Crippen LogP contribution in [0.5, 0.6) is 11.5 Å². The molecule has 0 saturated heterocycles. The molecule has 0 bridgehead atoms. The smallest absolute Gasteiger partial charge is 0.269 e. The minimum absolute atomic E-state index is 0.0775. The topological polar surface area (TPSA) is 132 Å². The van der Waals surface area contributed by atoms with E-state index < -0.39 is 4.92 Å². The quantitative estimate of drug-likeness (QED) is 0.330. The molecule has 5 rings (SSSR count). The zero-order chi connectivity index (χ0) is 23.7. The number of carbonyl (C=O) groups excluding carboxylic acids is 1. The van der Waals surface area contributed by atoms with Crippen molar-refractivity contribution in [3.8, 4) is 34.1 Å². The van der Waals surface area contributed by atoms with Crippen molar-refractivity contribution in [2.75, 3.05) is 6.79 Å². The summed E-state index contributed by atoms with van der Waals surface area (Å²) in [5, 5.41) is 13.6. The first-order chi connectivity index (χ1) is 16.5. The van der Waals surface area contributed by atoms with Gasteiger partial charge in [0.05, 0.1) is 28.5 Å². The van der Waals surface area contributed by atoms with E-state index in [2.05, 4.69) is 15.3 Å². The summed E-state index contributed by atoms with van der Waals surface area (Å²) >= 11 is 0. The number of ether oxygens (including phenoxy) is 2. The normalized spacial score (nSPS) is 11.9. The summed E-state index contributed by atoms with van der Waals surface area (Å²) in [5.74, 6) is 1.47. The average molecular weight is 457 g/mol. The predicted octanol–water partition coefficient (Wildman–Crippen LogP) is 4.01. The fourth-order valence-corrected chi connectivity index (χ4v) is 3.63. The number of nitrogens with one attached hydrogen (secondary N) is 2. The lowest BCUT2D eigenvalue weighted by Gasteiger charge is -2.04. The van der Waals surface area contributed by atoms with Crippen LogP contribution >= 0.6 is 0 Å². The molecule has 2 aromatic heterocycles. The van der Waals surface area contributed by atoms with E-state index in [4.69, 9.17) is 14.5 Å². The Morgan fingerprint density at radius 1 is 1.09 bits per heavy atom. The van der Waals surface area contributed by atoms with Gasteiger partial charge in [-0.15, -0.1) is 0 Å². The molecule has 2 N–H and O–H groups in total. The Morgan fingerprint density at radius 3 is 2.65 bits per heavy atom. The summed E-state index contributed by atoms with van der Waals surface area (Å²) in [7, 11) is 0. The fraction of sp³-hybridized carbons (Fsp3) is 0.125. The first-order valence-corrected chi connectivity index (χ1v) is 10.4. The molecule has 0 unspecified atom stereocenters. The summed E-state index contributed by atoms with van der Waals surface area (Å²) in [5.41, 5.74) is 4.00. The SMILES string of the molecule is Cc1cccc(-c2[nH]c(CNC(=O)c3ccc([N+](=O)[O-])cc3)nc2-c2ccc3c(c2)OCO3)n1.